The number of aromatic nitrogens is 6. The molecule has 0 aliphatic rings. The lowest BCUT2D eigenvalue weighted by Gasteiger charge is -2.13. The fourth-order valence-corrected chi connectivity index (χ4v) is 7.66. The topological polar surface area (TPSA) is 53.5 Å². The summed E-state index contributed by atoms with van der Waals surface area (Å²) in [6.45, 7) is 0. The maximum atomic E-state index is 9.85. The minimum Gasteiger partial charge on any atom is -0.309 e. The first-order chi connectivity index (χ1) is 27.0. The molecular formula is C45H28N6. The standard InChI is InChI=1S/C45H28N6/c1-7-22-37-31(16-1)32-17-2-8-23-38(32)49(37)30-15-13-14-29(28-30)43-46-44(50-39-24-9-3-18-33(39)34-19-4-10-25-40(34)50)48-45(47-43)51-41-26-11-5-20-35(41)36-21-6-12-27-42(36)51/h1-28H/i13D,14D,15D,28D. The van der Waals surface area contributed by atoms with Crippen LogP contribution in [-0.2, 0) is 0 Å². The Labute approximate surface area is 297 Å². The highest BCUT2D eigenvalue weighted by atomic mass is 15.3. The number of hydrogen-bond acceptors (Lipinski definition) is 3. The molecule has 0 saturated carbocycles. The second kappa shape index (κ2) is 10.7. The number of fused-ring (bicyclic) bond motifs is 9. The number of hydrogen-bond donors (Lipinski definition) is 0. The number of rotatable bonds is 4. The van der Waals surface area contributed by atoms with Gasteiger partial charge in [-0.1, -0.05) is 121 Å². The largest absolute Gasteiger partial charge is 0.309 e. The van der Waals surface area contributed by atoms with Gasteiger partial charge in [0, 0.05) is 43.6 Å². The van der Waals surface area contributed by atoms with Gasteiger partial charge in [-0.3, -0.25) is 9.13 Å². The van der Waals surface area contributed by atoms with E-state index in [1.54, 1.807) is 0 Å². The molecule has 0 aliphatic carbocycles. The number of benzene rings is 7. The molecule has 0 N–H and O–H groups in total. The van der Waals surface area contributed by atoms with Crippen LogP contribution in [0.15, 0.2) is 170 Å². The van der Waals surface area contributed by atoms with Gasteiger partial charge in [0.25, 0.3) is 0 Å². The van der Waals surface area contributed by atoms with Gasteiger partial charge in [0.1, 0.15) is 0 Å². The quantitative estimate of drug-likeness (QED) is 0.189. The van der Waals surface area contributed by atoms with Gasteiger partial charge in [0.2, 0.25) is 11.9 Å². The van der Waals surface area contributed by atoms with Crippen molar-refractivity contribution < 1.29 is 5.48 Å². The van der Waals surface area contributed by atoms with Crippen LogP contribution in [0.3, 0.4) is 0 Å². The summed E-state index contributed by atoms with van der Waals surface area (Å²) < 4.78 is 43.4. The van der Waals surface area contributed by atoms with Crippen LogP contribution in [0, 0.1) is 0 Å². The lowest BCUT2D eigenvalue weighted by Crippen LogP contribution is -2.10. The molecule has 11 aromatic rings. The monoisotopic (exact) mass is 656 g/mol. The van der Waals surface area contributed by atoms with Crippen molar-refractivity contribution in [2.75, 3.05) is 0 Å². The van der Waals surface area contributed by atoms with Crippen molar-refractivity contribution in [3.63, 3.8) is 0 Å². The molecule has 4 heterocycles. The fraction of sp³-hybridized carbons (Fsp3) is 0. The van der Waals surface area contributed by atoms with Crippen molar-refractivity contribution in [2.45, 2.75) is 0 Å². The molecule has 0 bridgehead atoms. The van der Waals surface area contributed by atoms with Gasteiger partial charge in [-0.05, 0) is 48.5 Å². The van der Waals surface area contributed by atoms with Gasteiger partial charge in [0.05, 0.1) is 38.6 Å². The van der Waals surface area contributed by atoms with E-state index in [-0.39, 0.29) is 41.2 Å². The highest BCUT2D eigenvalue weighted by Gasteiger charge is 2.21. The van der Waals surface area contributed by atoms with Gasteiger partial charge in [-0.25, -0.2) is 0 Å². The van der Waals surface area contributed by atoms with Gasteiger partial charge in [0.15, 0.2) is 5.82 Å². The summed E-state index contributed by atoms with van der Waals surface area (Å²) >= 11 is 0. The Morgan fingerprint density at radius 1 is 0.373 bits per heavy atom. The average molecular weight is 657 g/mol. The van der Waals surface area contributed by atoms with E-state index in [2.05, 4.69) is 24.3 Å². The van der Waals surface area contributed by atoms with E-state index in [1.807, 2.05) is 135 Å². The summed E-state index contributed by atoms with van der Waals surface area (Å²) in [7, 11) is 0. The van der Waals surface area contributed by atoms with Crippen LogP contribution in [-0.4, -0.2) is 28.7 Å². The molecule has 0 unspecified atom stereocenters. The fourth-order valence-electron chi connectivity index (χ4n) is 7.66. The lowest BCUT2D eigenvalue weighted by atomic mass is 10.2. The molecular weight excluding hydrogens is 625 g/mol. The molecule has 51 heavy (non-hydrogen) atoms. The second-order valence-electron chi connectivity index (χ2n) is 12.6. The van der Waals surface area contributed by atoms with E-state index < -0.39 is 0 Å². The molecule has 4 aromatic heterocycles. The minimum atomic E-state index is -0.319. The summed E-state index contributed by atoms with van der Waals surface area (Å²) in [5.41, 5.74) is 5.37. The first kappa shape index (κ1) is 24.1. The molecule has 0 amide bonds. The number of nitrogens with zero attached hydrogens (tertiary/aromatic N) is 6. The van der Waals surface area contributed by atoms with E-state index in [1.165, 1.54) is 0 Å². The van der Waals surface area contributed by atoms with E-state index in [9.17, 15) is 4.11 Å². The molecule has 7 aromatic carbocycles. The summed E-state index contributed by atoms with van der Waals surface area (Å²) in [5.74, 6) is 0.671. The van der Waals surface area contributed by atoms with Crippen molar-refractivity contribution in [3.05, 3.63) is 170 Å². The van der Waals surface area contributed by atoms with Gasteiger partial charge < -0.3 is 4.57 Å². The van der Waals surface area contributed by atoms with Crippen LogP contribution >= 0.6 is 0 Å². The smallest absolute Gasteiger partial charge is 0.240 e. The molecule has 0 radical (unpaired) electrons. The highest BCUT2D eigenvalue weighted by molar-refractivity contribution is 6.11. The maximum absolute atomic E-state index is 9.85. The van der Waals surface area contributed by atoms with Crippen LogP contribution < -0.4 is 0 Å². The van der Waals surface area contributed by atoms with Crippen molar-refractivity contribution in [1.82, 2.24) is 28.7 Å². The zero-order valence-electron chi connectivity index (χ0n) is 31.0. The third kappa shape index (κ3) is 4.07. The Balaban J connectivity index is 1.28. The van der Waals surface area contributed by atoms with Crippen LogP contribution in [0.25, 0.3) is 94.4 Å². The first-order valence-corrected chi connectivity index (χ1v) is 16.8. The number of para-hydroxylation sites is 6. The molecule has 0 saturated heterocycles. The SMILES string of the molecule is [2H]c1c([2H])c(-c2nc(-n3c4ccccc4c4ccccc43)nc(-n3c4ccccc4c4ccccc43)n2)c([2H])c(-n2c3ccccc3c3ccccc32)c1[2H]. The van der Waals surface area contributed by atoms with Crippen LogP contribution in [0.1, 0.15) is 5.48 Å². The molecule has 6 nitrogen and oxygen atoms in total. The van der Waals surface area contributed by atoms with Gasteiger partial charge in [-0.15, -0.1) is 0 Å². The Bertz CT molecular complexity index is 3100. The minimum absolute atomic E-state index is 0.0456. The Kier molecular flexibility index (Phi) is 5.08. The van der Waals surface area contributed by atoms with Crippen LogP contribution in [0.2, 0.25) is 0 Å². The maximum Gasteiger partial charge on any atom is 0.240 e. The van der Waals surface area contributed by atoms with Crippen molar-refractivity contribution in [1.29, 1.82) is 0 Å². The van der Waals surface area contributed by atoms with E-state index in [0.29, 0.717) is 11.9 Å². The average Bonchev–Trinajstić information content (AvgIpc) is 3.86. The van der Waals surface area contributed by atoms with Crippen molar-refractivity contribution >= 4 is 65.4 Å². The Morgan fingerprint density at radius 3 is 1.08 bits per heavy atom. The summed E-state index contributed by atoms with van der Waals surface area (Å²) in [6, 6.07) is 47.1. The lowest BCUT2D eigenvalue weighted by molar-refractivity contribution is 0.892. The zero-order valence-corrected chi connectivity index (χ0v) is 27.0. The predicted molar refractivity (Wildman–Crippen MR) is 208 cm³/mol. The molecule has 0 aliphatic heterocycles. The second-order valence-corrected chi connectivity index (χ2v) is 12.6. The first-order valence-electron chi connectivity index (χ1n) is 18.8. The van der Waals surface area contributed by atoms with Crippen molar-refractivity contribution in [2.24, 2.45) is 0 Å². The Morgan fingerprint density at radius 2 is 0.706 bits per heavy atom. The molecule has 238 valence electrons. The van der Waals surface area contributed by atoms with E-state index in [4.69, 9.17) is 16.3 Å². The summed E-state index contributed by atoms with van der Waals surface area (Å²) in [6.07, 6.45) is 0. The zero-order chi connectivity index (χ0) is 36.9. The van der Waals surface area contributed by atoms with Gasteiger partial charge >= 0.3 is 0 Å². The highest BCUT2D eigenvalue weighted by Crippen LogP contribution is 2.36. The van der Waals surface area contributed by atoms with Gasteiger partial charge in [-0.2, -0.15) is 15.0 Å². The molecule has 0 fully saturated rings. The molecule has 11 rings (SSSR count). The van der Waals surface area contributed by atoms with E-state index in [0.717, 1.165) is 65.4 Å². The third-order valence-corrected chi connectivity index (χ3v) is 9.81. The normalized spacial score (nSPS) is 13.0. The molecule has 0 atom stereocenters. The molecule has 6 heteroatoms. The third-order valence-electron chi connectivity index (χ3n) is 9.81. The van der Waals surface area contributed by atoms with Crippen LogP contribution in [0.5, 0.6) is 0 Å². The predicted octanol–water partition coefficient (Wildman–Crippen LogP) is 10.8. The van der Waals surface area contributed by atoms with E-state index >= 15 is 0 Å². The van der Waals surface area contributed by atoms with Crippen molar-refractivity contribution in [3.8, 4) is 29.0 Å². The Hall–Kier alpha value is -7.05. The molecule has 0 spiro atoms. The summed E-state index contributed by atoms with van der Waals surface area (Å²) in [4.78, 5) is 15.4. The summed E-state index contributed by atoms with van der Waals surface area (Å²) in [5, 5.41) is 6.04. The van der Waals surface area contributed by atoms with Crippen LogP contribution in [0.4, 0.5) is 0 Å².